The molecule has 0 unspecified atom stereocenters. The third-order valence-electron chi connectivity index (χ3n) is 4.94. The molecule has 0 aromatic rings. The number of ketones is 1. The van der Waals surface area contributed by atoms with Crippen molar-refractivity contribution in [1.82, 2.24) is 16.0 Å². The van der Waals surface area contributed by atoms with Crippen molar-refractivity contribution in [3.63, 3.8) is 0 Å². The number of hydrogen-bond acceptors (Lipinski definition) is 6. The molecular weight excluding hydrogens is 348 g/mol. The van der Waals surface area contributed by atoms with Crippen LogP contribution < -0.4 is 21.7 Å². The zero-order valence-corrected chi connectivity index (χ0v) is 17.0. The lowest BCUT2D eigenvalue weighted by Gasteiger charge is -2.32. The Hall–Kier alpha value is -1.51. The van der Waals surface area contributed by atoms with Crippen LogP contribution in [0.3, 0.4) is 0 Å². The lowest BCUT2D eigenvalue weighted by molar-refractivity contribution is -0.135. The van der Waals surface area contributed by atoms with E-state index in [2.05, 4.69) is 29.8 Å². The molecule has 0 aromatic carbocycles. The fraction of sp³-hybridized carbons (Fsp3) is 0.842. The summed E-state index contributed by atoms with van der Waals surface area (Å²) >= 11 is 0. The minimum absolute atomic E-state index is 0.211. The van der Waals surface area contributed by atoms with E-state index in [-0.39, 0.29) is 24.2 Å². The second-order valence-corrected chi connectivity index (χ2v) is 8.06. The first-order valence-corrected chi connectivity index (χ1v) is 9.85. The number of rotatable bonds is 10. The van der Waals surface area contributed by atoms with E-state index in [1.807, 2.05) is 0 Å². The summed E-state index contributed by atoms with van der Waals surface area (Å²) in [4.78, 5) is 36.8. The predicted octanol–water partition coefficient (Wildman–Crippen LogP) is -0.454. The molecule has 0 aromatic heterocycles. The molecular formula is C19H36N4O4. The summed E-state index contributed by atoms with van der Waals surface area (Å²) in [6.45, 7) is 8.82. The summed E-state index contributed by atoms with van der Waals surface area (Å²) < 4.78 is 0. The zero-order valence-electron chi connectivity index (χ0n) is 17.0. The highest BCUT2D eigenvalue weighted by Crippen LogP contribution is 2.23. The molecule has 5 atom stereocenters. The van der Waals surface area contributed by atoms with Crippen LogP contribution in [0.1, 0.15) is 47.0 Å². The molecule has 1 fully saturated rings. The lowest BCUT2D eigenvalue weighted by Crippen LogP contribution is -2.57. The van der Waals surface area contributed by atoms with E-state index in [4.69, 9.17) is 5.73 Å². The van der Waals surface area contributed by atoms with Crippen molar-refractivity contribution in [2.75, 3.05) is 19.6 Å². The maximum atomic E-state index is 12.7. The van der Waals surface area contributed by atoms with Gasteiger partial charge in [0, 0.05) is 6.54 Å². The van der Waals surface area contributed by atoms with Gasteiger partial charge in [0.05, 0.1) is 18.1 Å². The summed E-state index contributed by atoms with van der Waals surface area (Å²) in [5.41, 5.74) is 5.47. The van der Waals surface area contributed by atoms with Crippen LogP contribution in [0.2, 0.25) is 0 Å². The largest absolute Gasteiger partial charge is 0.391 e. The third-order valence-corrected chi connectivity index (χ3v) is 4.94. The van der Waals surface area contributed by atoms with Crippen molar-refractivity contribution in [3.05, 3.63) is 0 Å². The zero-order chi connectivity index (χ0) is 20.6. The van der Waals surface area contributed by atoms with Crippen LogP contribution in [-0.4, -0.2) is 60.5 Å². The maximum Gasteiger partial charge on any atom is 0.245 e. The molecule has 2 amide bonds. The van der Waals surface area contributed by atoms with Crippen LogP contribution in [0.5, 0.6) is 0 Å². The van der Waals surface area contributed by atoms with E-state index < -0.39 is 24.1 Å². The normalized spacial score (nSPS) is 23.4. The third kappa shape index (κ3) is 7.94. The van der Waals surface area contributed by atoms with Gasteiger partial charge in [0.25, 0.3) is 0 Å². The van der Waals surface area contributed by atoms with Gasteiger partial charge in [-0.05, 0) is 58.0 Å². The average molecular weight is 385 g/mol. The number of hydrogen-bond donors (Lipinski definition) is 5. The SMILES string of the molecule is CC(=O)[C@H](CCN)NC(=O)[C@@H](NC(=O)[C@@H]1CNC[C@@H](CC(C)C)C1)[C@H](C)O. The van der Waals surface area contributed by atoms with Crippen LogP contribution >= 0.6 is 0 Å². The van der Waals surface area contributed by atoms with Crippen LogP contribution in [0.4, 0.5) is 0 Å². The van der Waals surface area contributed by atoms with Gasteiger partial charge >= 0.3 is 0 Å². The summed E-state index contributed by atoms with van der Waals surface area (Å²) in [6.07, 6.45) is 1.03. The Morgan fingerprint density at radius 3 is 2.37 bits per heavy atom. The van der Waals surface area contributed by atoms with E-state index in [0.29, 0.717) is 24.8 Å². The lowest BCUT2D eigenvalue weighted by atomic mass is 9.84. The quantitative estimate of drug-likeness (QED) is 0.346. The molecule has 1 rings (SSSR count). The molecule has 1 saturated heterocycles. The summed E-state index contributed by atoms with van der Waals surface area (Å²) in [6, 6.07) is -1.82. The van der Waals surface area contributed by atoms with Gasteiger partial charge in [-0.1, -0.05) is 13.8 Å². The number of carbonyl (C=O) groups excluding carboxylic acids is 3. The standard InChI is InChI=1S/C19H36N4O4/c1-11(2)7-14-8-15(10-21-9-14)18(26)23-17(13(4)25)19(27)22-16(5-6-20)12(3)24/h11,13-17,21,25H,5-10,20H2,1-4H3,(H,22,27)(H,23,26)/t13-,14-,15-,16-,17-/m0/s1. The Labute approximate surface area is 162 Å². The van der Waals surface area contributed by atoms with Crippen molar-refractivity contribution in [2.24, 2.45) is 23.5 Å². The predicted molar refractivity (Wildman–Crippen MR) is 104 cm³/mol. The van der Waals surface area contributed by atoms with Crippen LogP contribution in [0.25, 0.3) is 0 Å². The van der Waals surface area contributed by atoms with Gasteiger partial charge < -0.3 is 26.8 Å². The minimum atomic E-state index is -1.11. The van der Waals surface area contributed by atoms with Gasteiger partial charge in [-0.25, -0.2) is 0 Å². The fourth-order valence-corrected chi connectivity index (χ4v) is 3.56. The average Bonchev–Trinajstić information content (AvgIpc) is 2.58. The van der Waals surface area contributed by atoms with Crippen molar-refractivity contribution in [1.29, 1.82) is 0 Å². The van der Waals surface area contributed by atoms with E-state index >= 15 is 0 Å². The molecule has 156 valence electrons. The molecule has 0 saturated carbocycles. The highest BCUT2D eigenvalue weighted by molar-refractivity contribution is 5.92. The Morgan fingerprint density at radius 1 is 1.19 bits per heavy atom. The van der Waals surface area contributed by atoms with E-state index in [1.54, 1.807) is 0 Å². The highest BCUT2D eigenvalue weighted by atomic mass is 16.3. The summed E-state index contributed by atoms with van der Waals surface area (Å²) in [5, 5.41) is 18.5. The first kappa shape index (κ1) is 23.5. The number of nitrogens with two attached hydrogens (primary N) is 1. The molecule has 0 bridgehead atoms. The van der Waals surface area contributed by atoms with Crippen molar-refractivity contribution in [3.8, 4) is 0 Å². The molecule has 0 aliphatic carbocycles. The fourth-order valence-electron chi connectivity index (χ4n) is 3.56. The number of nitrogens with one attached hydrogen (secondary N) is 3. The summed E-state index contributed by atoms with van der Waals surface area (Å²) in [7, 11) is 0. The molecule has 6 N–H and O–H groups in total. The van der Waals surface area contributed by atoms with Crippen molar-refractivity contribution in [2.45, 2.75) is 65.1 Å². The molecule has 1 heterocycles. The first-order chi connectivity index (χ1) is 12.6. The second-order valence-electron chi connectivity index (χ2n) is 8.06. The topological polar surface area (TPSA) is 134 Å². The maximum absolute atomic E-state index is 12.7. The number of aliphatic hydroxyl groups is 1. The number of piperidine rings is 1. The Balaban J connectivity index is 2.70. The number of aliphatic hydroxyl groups excluding tert-OH is 1. The minimum Gasteiger partial charge on any atom is -0.391 e. The molecule has 1 aliphatic rings. The molecule has 8 heteroatoms. The van der Waals surface area contributed by atoms with Crippen LogP contribution in [0, 0.1) is 17.8 Å². The second kappa shape index (κ2) is 11.4. The molecule has 0 spiro atoms. The molecule has 27 heavy (non-hydrogen) atoms. The summed E-state index contributed by atoms with van der Waals surface area (Å²) in [5.74, 6) is -0.313. The van der Waals surface area contributed by atoms with Gasteiger partial charge in [0.15, 0.2) is 5.78 Å². The number of Topliss-reactive ketones (excluding diaryl/α,β-unsaturated/α-hetero) is 1. The van der Waals surface area contributed by atoms with Gasteiger partial charge in [-0.2, -0.15) is 0 Å². The van der Waals surface area contributed by atoms with Gasteiger partial charge in [-0.15, -0.1) is 0 Å². The monoisotopic (exact) mass is 384 g/mol. The molecule has 8 nitrogen and oxygen atoms in total. The Kier molecular flexibility index (Phi) is 9.90. The van der Waals surface area contributed by atoms with Crippen molar-refractivity contribution >= 4 is 17.6 Å². The van der Waals surface area contributed by atoms with Gasteiger partial charge in [0.1, 0.15) is 6.04 Å². The molecule has 1 aliphatic heterocycles. The first-order valence-electron chi connectivity index (χ1n) is 9.85. The van der Waals surface area contributed by atoms with E-state index in [9.17, 15) is 19.5 Å². The van der Waals surface area contributed by atoms with Crippen molar-refractivity contribution < 1.29 is 19.5 Å². The van der Waals surface area contributed by atoms with E-state index in [1.165, 1.54) is 13.8 Å². The number of amides is 2. The van der Waals surface area contributed by atoms with Crippen LogP contribution in [0.15, 0.2) is 0 Å². The van der Waals surface area contributed by atoms with Gasteiger partial charge in [-0.3, -0.25) is 14.4 Å². The smallest absolute Gasteiger partial charge is 0.245 e. The molecule has 0 radical (unpaired) electrons. The Morgan fingerprint density at radius 2 is 1.85 bits per heavy atom. The van der Waals surface area contributed by atoms with Crippen LogP contribution in [-0.2, 0) is 14.4 Å². The Bertz CT molecular complexity index is 510. The van der Waals surface area contributed by atoms with E-state index in [0.717, 1.165) is 19.4 Å². The highest BCUT2D eigenvalue weighted by Gasteiger charge is 2.33. The van der Waals surface area contributed by atoms with Gasteiger partial charge in [0.2, 0.25) is 11.8 Å². The number of carbonyl (C=O) groups is 3.